The van der Waals surface area contributed by atoms with Gasteiger partial charge in [0.15, 0.2) is 0 Å². The number of Topliss-reactive ketones (excluding diaryl/α,β-unsaturated/α-hetero) is 1. The molecular formula is C19H13BrF3NO3. The number of alkyl halides is 3. The molecule has 0 aliphatic heterocycles. The largest absolute Gasteiger partial charge is 0.465 e. The van der Waals surface area contributed by atoms with Crippen molar-refractivity contribution in [1.29, 1.82) is 0 Å². The molecule has 0 N–H and O–H groups in total. The second kappa shape index (κ2) is 7.19. The number of benzene rings is 2. The van der Waals surface area contributed by atoms with E-state index in [0.29, 0.717) is 5.52 Å². The van der Waals surface area contributed by atoms with Crippen LogP contribution in [0.2, 0.25) is 0 Å². The fourth-order valence-electron chi connectivity index (χ4n) is 2.79. The molecule has 0 unspecified atom stereocenters. The Hall–Kier alpha value is -2.61. The minimum atomic E-state index is -4.99. The zero-order valence-corrected chi connectivity index (χ0v) is 15.6. The third-order valence-electron chi connectivity index (χ3n) is 4.07. The predicted molar refractivity (Wildman–Crippen MR) is 96.9 cm³/mol. The molecule has 8 heteroatoms. The fourth-order valence-corrected chi connectivity index (χ4v) is 3.05. The summed E-state index contributed by atoms with van der Waals surface area (Å²) >= 11 is 3.32. The van der Waals surface area contributed by atoms with Gasteiger partial charge in [-0.25, -0.2) is 4.79 Å². The van der Waals surface area contributed by atoms with E-state index in [9.17, 15) is 22.8 Å². The first-order valence-electron chi connectivity index (χ1n) is 7.78. The maximum Gasteiger partial charge on any atom is 0.454 e. The summed E-state index contributed by atoms with van der Waals surface area (Å²) < 4.78 is 45.9. The quantitative estimate of drug-likeness (QED) is 0.425. The normalized spacial score (nSPS) is 11.6. The lowest BCUT2D eigenvalue weighted by atomic mass is 10.1. The Kier molecular flexibility index (Phi) is 5.10. The van der Waals surface area contributed by atoms with Crippen molar-refractivity contribution in [2.75, 3.05) is 7.11 Å². The number of rotatable bonds is 4. The molecule has 3 aromatic rings. The maximum absolute atomic E-state index is 13.0. The van der Waals surface area contributed by atoms with Crippen molar-refractivity contribution in [2.24, 2.45) is 0 Å². The summed E-state index contributed by atoms with van der Waals surface area (Å²) in [5.74, 6) is -2.54. The van der Waals surface area contributed by atoms with Crippen LogP contribution in [0.4, 0.5) is 13.2 Å². The van der Waals surface area contributed by atoms with Gasteiger partial charge in [0.1, 0.15) is 0 Å². The summed E-state index contributed by atoms with van der Waals surface area (Å²) in [6.07, 6.45) is -3.82. The van der Waals surface area contributed by atoms with E-state index in [4.69, 9.17) is 0 Å². The Morgan fingerprint density at radius 2 is 1.78 bits per heavy atom. The van der Waals surface area contributed by atoms with Gasteiger partial charge in [0, 0.05) is 28.1 Å². The molecule has 0 spiro atoms. The average molecular weight is 440 g/mol. The third-order valence-corrected chi connectivity index (χ3v) is 4.60. The van der Waals surface area contributed by atoms with E-state index >= 15 is 0 Å². The number of aromatic nitrogens is 1. The van der Waals surface area contributed by atoms with E-state index in [2.05, 4.69) is 20.7 Å². The lowest BCUT2D eigenvalue weighted by Crippen LogP contribution is -2.22. The van der Waals surface area contributed by atoms with Gasteiger partial charge in [-0.05, 0) is 29.8 Å². The smallest absolute Gasteiger partial charge is 0.454 e. The van der Waals surface area contributed by atoms with Crippen molar-refractivity contribution in [1.82, 2.24) is 4.57 Å². The molecule has 0 atom stereocenters. The zero-order chi connectivity index (χ0) is 19.8. The van der Waals surface area contributed by atoms with E-state index < -0.39 is 23.5 Å². The lowest BCUT2D eigenvalue weighted by Gasteiger charge is -2.07. The Bertz CT molecular complexity index is 1020. The van der Waals surface area contributed by atoms with Crippen LogP contribution in [-0.4, -0.2) is 29.6 Å². The van der Waals surface area contributed by atoms with Gasteiger partial charge in [0.2, 0.25) is 0 Å². The number of carbonyl (C=O) groups excluding carboxylic acids is 2. The highest BCUT2D eigenvalue weighted by molar-refractivity contribution is 9.10. The number of hydrogen-bond acceptors (Lipinski definition) is 3. The molecule has 0 saturated heterocycles. The van der Waals surface area contributed by atoms with Crippen LogP contribution in [0.3, 0.4) is 0 Å². The van der Waals surface area contributed by atoms with Gasteiger partial charge in [-0.1, -0.05) is 34.1 Å². The average Bonchev–Trinajstić information content (AvgIpc) is 2.99. The first-order valence-corrected chi connectivity index (χ1v) is 8.57. The molecule has 0 aliphatic rings. The molecule has 0 saturated carbocycles. The number of carbonyl (C=O) groups is 2. The molecule has 0 bridgehead atoms. The molecule has 3 rings (SSSR count). The second-order valence-electron chi connectivity index (χ2n) is 5.85. The van der Waals surface area contributed by atoms with Crippen molar-refractivity contribution < 1.29 is 27.5 Å². The number of esters is 1. The highest BCUT2D eigenvalue weighted by Crippen LogP contribution is 2.30. The first-order chi connectivity index (χ1) is 12.7. The third kappa shape index (κ3) is 3.90. The van der Waals surface area contributed by atoms with Crippen molar-refractivity contribution in [3.05, 3.63) is 69.8 Å². The molecule has 27 heavy (non-hydrogen) atoms. The number of nitrogens with zero attached hydrogens (tertiary/aromatic N) is 1. The van der Waals surface area contributed by atoms with Crippen molar-refractivity contribution in [3.8, 4) is 0 Å². The Morgan fingerprint density at radius 3 is 2.37 bits per heavy atom. The van der Waals surface area contributed by atoms with Gasteiger partial charge in [-0.2, -0.15) is 13.2 Å². The van der Waals surface area contributed by atoms with Crippen molar-refractivity contribution in [2.45, 2.75) is 12.7 Å². The zero-order valence-electron chi connectivity index (χ0n) is 14.0. The van der Waals surface area contributed by atoms with Gasteiger partial charge in [-0.15, -0.1) is 0 Å². The predicted octanol–water partition coefficient (Wildman–Crippen LogP) is 4.98. The van der Waals surface area contributed by atoms with Crippen LogP contribution in [-0.2, 0) is 11.3 Å². The topological polar surface area (TPSA) is 48.3 Å². The van der Waals surface area contributed by atoms with Gasteiger partial charge < -0.3 is 9.30 Å². The SMILES string of the molecule is COC(=O)c1ccc2c(C(=O)C(F)(F)F)cn(Cc3ccc(Br)cc3)c2c1. The summed E-state index contributed by atoms with van der Waals surface area (Å²) in [7, 11) is 1.21. The highest BCUT2D eigenvalue weighted by atomic mass is 79.9. The number of ketones is 1. The Morgan fingerprint density at radius 1 is 1.11 bits per heavy atom. The summed E-state index contributed by atoms with van der Waals surface area (Å²) in [6.45, 7) is 0.236. The molecule has 4 nitrogen and oxygen atoms in total. The van der Waals surface area contributed by atoms with Crippen LogP contribution in [0.1, 0.15) is 26.3 Å². The number of halogens is 4. The van der Waals surface area contributed by atoms with Crippen LogP contribution in [0.5, 0.6) is 0 Å². The van der Waals surface area contributed by atoms with Gasteiger partial charge >= 0.3 is 12.1 Å². The second-order valence-corrected chi connectivity index (χ2v) is 6.76. The molecule has 0 aliphatic carbocycles. The molecule has 2 aromatic carbocycles. The number of hydrogen-bond donors (Lipinski definition) is 0. The number of fused-ring (bicyclic) bond motifs is 1. The molecule has 1 heterocycles. The van der Waals surface area contributed by atoms with Crippen LogP contribution in [0.15, 0.2) is 53.1 Å². The molecule has 0 amide bonds. The van der Waals surface area contributed by atoms with E-state index in [-0.39, 0.29) is 17.5 Å². The molecule has 1 aromatic heterocycles. The molecular weight excluding hydrogens is 427 g/mol. The van der Waals surface area contributed by atoms with E-state index in [1.54, 1.807) is 0 Å². The van der Waals surface area contributed by atoms with Gasteiger partial charge in [0.25, 0.3) is 5.78 Å². The van der Waals surface area contributed by atoms with E-state index in [1.165, 1.54) is 36.1 Å². The monoisotopic (exact) mass is 439 g/mol. The van der Waals surface area contributed by atoms with E-state index in [1.807, 2.05) is 24.3 Å². The highest BCUT2D eigenvalue weighted by Gasteiger charge is 2.40. The maximum atomic E-state index is 13.0. The minimum Gasteiger partial charge on any atom is -0.465 e. The van der Waals surface area contributed by atoms with Crippen LogP contribution in [0, 0.1) is 0 Å². The van der Waals surface area contributed by atoms with Crippen molar-refractivity contribution in [3.63, 3.8) is 0 Å². The minimum absolute atomic E-state index is 0.127. The van der Waals surface area contributed by atoms with Crippen molar-refractivity contribution >= 4 is 38.6 Å². The molecule has 140 valence electrons. The Balaban J connectivity index is 2.16. The van der Waals surface area contributed by atoms with Gasteiger partial charge in [0.05, 0.1) is 18.2 Å². The van der Waals surface area contributed by atoms with Crippen LogP contribution < -0.4 is 0 Å². The molecule has 0 radical (unpaired) electrons. The van der Waals surface area contributed by atoms with Crippen LogP contribution in [0.25, 0.3) is 10.9 Å². The summed E-state index contributed by atoms with van der Waals surface area (Å²) in [6, 6.07) is 11.3. The number of methoxy groups -OCH3 is 1. The van der Waals surface area contributed by atoms with Crippen LogP contribution >= 0.6 is 15.9 Å². The first kappa shape index (κ1) is 19.2. The number of ether oxygens (including phenoxy) is 1. The Labute approximate surface area is 160 Å². The fraction of sp³-hybridized carbons (Fsp3) is 0.158. The lowest BCUT2D eigenvalue weighted by molar-refractivity contribution is -0.0884. The van der Waals surface area contributed by atoms with Gasteiger partial charge in [-0.3, -0.25) is 4.79 Å². The standard InChI is InChI=1S/C19H13BrF3NO3/c1-27-18(26)12-4-7-14-15(17(25)19(21,22)23)10-24(16(14)8-12)9-11-2-5-13(20)6-3-11/h2-8,10H,9H2,1H3. The van der Waals surface area contributed by atoms with E-state index in [0.717, 1.165) is 10.0 Å². The summed E-state index contributed by atoms with van der Waals surface area (Å²) in [5.41, 5.74) is 0.898. The summed E-state index contributed by atoms with van der Waals surface area (Å²) in [5, 5.41) is 0.127. The molecule has 0 fully saturated rings. The summed E-state index contributed by atoms with van der Waals surface area (Å²) in [4.78, 5) is 23.6.